The minimum Gasteiger partial charge on any atom is -0.508 e. The molecule has 1 aromatic rings. The Kier molecular flexibility index (Phi) is 5.41. The van der Waals surface area contributed by atoms with Gasteiger partial charge in [0.15, 0.2) is 0 Å². The van der Waals surface area contributed by atoms with Gasteiger partial charge in [-0.25, -0.2) is 0 Å². The fourth-order valence-electron chi connectivity index (χ4n) is 2.68. The summed E-state index contributed by atoms with van der Waals surface area (Å²) < 4.78 is 0. The SMILES string of the molecule is CCN1CCC(CNC(=O)Cc2cccc(O)c2)CC1. The van der Waals surface area contributed by atoms with Crippen LogP contribution in [0, 0.1) is 5.92 Å². The number of phenols is 1. The lowest BCUT2D eigenvalue weighted by Gasteiger charge is -2.31. The highest BCUT2D eigenvalue weighted by Gasteiger charge is 2.18. The van der Waals surface area contributed by atoms with E-state index in [0.717, 1.165) is 31.7 Å². The molecule has 1 fully saturated rings. The maximum absolute atomic E-state index is 11.9. The molecule has 1 heterocycles. The second kappa shape index (κ2) is 7.29. The predicted molar refractivity (Wildman–Crippen MR) is 79.7 cm³/mol. The van der Waals surface area contributed by atoms with Gasteiger partial charge in [-0.15, -0.1) is 0 Å². The highest BCUT2D eigenvalue weighted by molar-refractivity contribution is 5.78. The van der Waals surface area contributed by atoms with E-state index in [0.29, 0.717) is 12.3 Å². The normalized spacial score (nSPS) is 17.1. The Balaban J connectivity index is 1.70. The standard InChI is InChI=1S/C16H24N2O2/c1-2-18-8-6-13(7-9-18)12-17-16(20)11-14-4-3-5-15(19)10-14/h3-5,10,13,19H,2,6-9,11-12H2,1H3,(H,17,20). The molecule has 20 heavy (non-hydrogen) atoms. The zero-order chi connectivity index (χ0) is 14.4. The van der Waals surface area contributed by atoms with Gasteiger partial charge in [-0.2, -0.15) is 0 Å². The van der Waals surface area contributed by atoms with Gasteiger partial charge in [-0.05, 0) is 56.1 Å². The molecule has 4 nitrogen and oxygen atoms in total. The zero-order valence-corrected chi connectivity index (χ0v) is 12.1. The minimum absolute atomic E-state index is 0.0357. The smallest absolute Gasteiger partial charge is 0.224 e. The Hall–Kier alpha value is -1.55. The summed E-state index contributed by atoms with van der Waals surface area (Å²) in [5.41, 5.74) is 0.850. The number of aromatic hydroxyl groups is 1. The quantitative estimate of drug-likeness (QED) is 0.862. The number of piperidine rings is 1. The van der Waals surface area contributed by atoms with Crippen LogP contribution in [0.5, 0.6) is 5.75 Å². The van der Waals surface area contributed by atoms with Crippen LogP contribution in [-0.4, -0.2) is 42.1 Å². The molecule has 0 atom stereocenters. The van der Waals surface area contributed by atoms with Crippen molar-refractivity contribution in [2.24, 2.45) is 5.92 Å². The highest BCUT2D eigenvalue weighted by atomic mass is 16.3. The van der Waals surface area contributed by atoms with Crippen LogP contribution in [0.1, 0.15) is 25.3 Å². The maximum atomic E-state index is 11.9. The number of hydrogen-bond acceptors (Lipinski definition) is 3. The number of benzene rings is 1. The van der Waals surface area contributed by atoms with Crippen LogP contribution >= 0.6 is 0 Å². The first-order valence-electron chi connectivity index (χ1n) is 7.44. The third-order valence-corrected chi connectivity index (χ3v) is 4.02. The van der Waals surface area contributed by atoms with Crippen LogP contribution in [0.25, 0.3) is 0 Å². The van der Waals surface area contributed by atoms with E-state index in [9.17, 15) is 9.90 Å². The second-order valence-corrected chi connectivity index (χ2v) is 5.53. The molecule has 2 rings (SSSR count). The maximum Gasteiger partial charge on any atom is 0.224 e. The molecule has 0 spiro atoms. The first-order chi connectivity index (χ1) is 9.67. The molecular weight excluding hydrogens is 252 g/mol. The number of likely N-dealkylation sites (tertiary alicyclic amines) is 1. The number of amides is 1. The van der Waals surface area contributed by atoms with Gasteiger partial charge in [0.25, 0.3) is 0 Å². The summed E-state index contributed by atoms with van der Waals surface area (Å²) in [5.74, 6) is 0.849. The topological polar surface area (TPSA) is 52.6 Å². The van der Waals surface area contributed by atoms with Crippen molar-refractivity contribution in [1.82, 2.24) is 10.2 Å². The Morgan fingerprint density at radius 1 is 1.40 bits per heavy atom. The van der Waals surface area contributed by atoms with E-state index >= 15 is 0 Å². The van der Waals surface area contributed by atoms with E-state index in [-0.39, 0.29) is 11.7 Å². The molecule has 1 aliphatic heterocycles. The lowest BCUT2D eigenvalue weighted by atomic mass is 9.97. The monoisotopic (exact) mass is 276 g/mol. The van der Waals surface area contributed by atoms with E-state index in [1.807, 2.05) is 6.07 Å². The van der Waals surface area contributed by atoms with E-state index in [2.05, 4.69) is 17.1 Å². The van der Waals surface area contributed by atoms with Crippen molar-refractivity contribution in [3.05, 3.63) is 29.8 Å². The van der Waals surface area contributed by atoms with Crippen molar-refractivity contribution in [1.29, 1.82) is 0 Å². The molecule has 1 saturated heterocycles. The van der Waals surface area contributed by atoms with Crippen LogP contribution in [-0.2, 0) is 11.2 Å². The van der Waals surface area contributed by atoms with Gasteiger partial charge in [0.1, 0.15) is 5.75 Å². The zero-order valence-electron chi connectivity index (χ0n) is 12.1. The number of nitrogens with zero attached hydrogens (tertiary/aromatic N) is 1. The third-order valence-electron chi connectivity index (χ3n) is 4.02. The number of phenolic OH excluding ortho intramolecular Hbond substituents is 1. The molecule has 1 aromatic carbocycles. The Morgan fingerprint density at radius 3 is 2.80 bits per heavy atom. The minimum atomic E-state index is 0.0357. The van der Waals surface area contributed by atoms with Crippen LogP contribution in [0.3, 0.4) is 0 Å². The molecule has 2 N–H and O–H groups in total. The Morgan fingerprint density at radius 2 is 2.15 bits per heavy atom. The molecule has 1 aliphatic rings. The van der Waals surface area contributed by atoms with Gasteiger partial charge in [-0.1, -0.05) is 19.1 Å². The van der Waals surface area contributed by atoms with Crippen molar-refractivity contribution in [2.45, 2.75) is 26.2 Å². The molecule has 0 aliphatic carbocycles. The van der Waals surface area contributed by atoms with Gasteiger partial charge in [0.05, 0.1) is 6.42 Å². The van der Waals surface area contributed by atoms with Crippen LogP contribution in [0.4, 0.5) is 0 Å². The number of hydrogen-bond donors (Lipinski definition) is 2. The van der Waals surface area contributed by atoms with E-state index in [1.54, 1.807) is 18.2 Å². The first kappa shape index (κ1) is 14.9. The average Bonchev–Trinajstić information content (AvgIpc) is 2.46. The largest absolute Gasteiger partial charge is 0.508 e. The predicted octanol–water partition coefficient (Wildman–Crippen LogP) is 1.78. The number of rotatable bonds is 5. The molecule has 4 heteroatoms. The summed E-state index contributed by atoms with van der Waals surface area (Å²) in [6, 6.07) is 6.87. The summed E-state index contributed by atoms with van der Waals surface area (Å²) in [6.07, 6.45) is 2.67. The highest BCUT2D eigenvalue weighted by Crippen LogP contribution is 2.16. The molecule has 0 saturated carbocycles. The van der Waals surface area contributed by atoms with Crippen molar-refractivity contribution < 1.29 is 9.90 Å². The van der Waals surface area contributed by atoms with Crippen molar-refractivity contribution in [3.63, 3.8) is 0 Å². The molecule has 0 radical (unpaired) electrons. The van der Waals surface area contributed by atoms with Gasteiger partial charge in [0, 0.05) is 6.54 Å². The summed E-state index contributed by atoms with van der Waals surface area (Å²) in [4.78, 5) is 14.3. The first-order valence-corrected chi connectivity index (χ1v) is 7.44. The van der Waals surface area contributed by atoms with Crippen molar-refractivity contribution in [3.8, 4) is 5.75 Å². The van der Waals surface area contributed by atoms with Crippen LogP contribution < -0.4 is 5.32 Å². The number of nitrogens with one attached hydrogen (secondary N) is 1. The lowest BCUT2D eigenvalue weighted by molar-refractivity contribution is -0.120. The summed E-state index contributed by atoms with van der Waals surface area (Å²) >= 11 is 0. The Labute approximate surface area is 120 Å². The fourth-order valence-corrected chi connectivity index (χ4v) is 2.68. The van der Waals surface area contributed by atoms with E-state index in [4.69, 9.17) is 0 Å². The van der Waals surface area contributed by atoms with Crippen LogP contribution in [0.15, 0.2) is 24.3 Å². The average molecular weight is 276 g/mol. The Bertz CT molecular complexity index is 440. The second-order valence-electron chi connectivity index (χ2n) is 5.53. The van der Waals surface area contributed by atoms with Gasteiger partial charge < -0.3 is 15.3 Å². The van der Waals surface area contributed by atoms with Crippen molar-refractivity contribution in [2.75, 3.05) is 26.2 Å². The van der Waals surface area contributed by atoms with Gasteiger partial charge in [-0.3, -0.25) is 4.79 Å². The molecule has 0 aromatic heterocycles. The molecule has 0 bridgehead atoms. The lowest BCUT2D eigenvalue weighted by Crippen LogP contribution is -2.38. The summed E-state index contributed by atoms with van der Waals surface area (Å²) in [6.45, 7) is 6.37. The number of carbonyl (C=O) groups is 1. The van der Waals surface area contributed by atoms with Crippen LogP contribution in [0.2, 0.25) is 0 Å². The summed E-state index contributed by atoms with van der Waals surface area (Å²) in [5, 5.41) is 12.4. The molecule has 0 unspecified atom stereocenters. The molecular formula is C16H24N2O2. The number of carbonyl (C=O) groups excluding carboxylic acids is 1. The van der Waals surface area contributed by atoms with Gasteiger partial charge >= 0.3 is 0 Å². The van der Waals surface area contributed by atoms with E-state index in [1.165, 1.54) is 12.8 Å². The summed E-state index contributed by atoms with van der Waals surface area (Å²) in [7, 11) is 0. The molecule has 1 amide bonds. The van der Waals surface area contributed by atoms with Gasteiger partial charge in [0.2, 0.25) is 5.91 Å². The fraction of sp³-hybridized carbons (Fsp3) is 0.562. The van der Waals surface area contributed by atoms with Crippen molar-refractivity contribution >= 4 is 5.91 Å². The third kappa shape index (κ3) is 4.53. The van der Waals surface area contributed by atoms with E-state index < -0.39 is 0 Å². The molecule has 110 valence electrons.